The molecule has 0 saturated carbocycles. The van der Waals surface area contributed by atoms with Crippen molar-refractivity contribution in [3.63, 3.8) is 0 Å². The summed E-state index contributed by atoms with van der Waals surface area (Å²) in [6.45, 7) is 0. The number of hydrogen-bond donors (Lipinski definition) is 1. The highest BCUT2D eigenvalue weighted by atomic mass is 16.3. The molecule has 32 heavy (non-hydrogen) atoms. The van der Waals surface area contributed by atoms with Gasteiger partial charge in [0.1, 0.15) is 5.75 Å². The first-order valence-corrected chi connectivity index (χ1v) is 10.7. The molecule has 0 aromatic heterocycles. The second-order valence-electron chi connectivity index (χ2n) is 7.72. The van der Waals surface area contributed by atoms with Crippen LogP contribution in [0.1, 0.15) is 29.2 Å². The molecule has 1 atom stereocenters. The predicted octanol–water partition coefficient (Wildman–Crippen LogP) is 6.50. The zero-order valence-electron chi connectivity index (χ0n) is 17.5. The third-order valence-corrected chi connectivity index (χ3v) is 5.58. The Balaban J connectivity index is 1.46. The third-order valence-electron chi connectivity index (χ3n) is 5.58. The average molecular weight is 418 g/mol. The van der Waals surface area contributed by atoms with Crippen molar-refractivity contribution >= 4 is 23.3 Å². The van der Waals surface area contributed by atoms with E-state index in [4.69, 9.17) is 5.10 Å². The summed E-state index contributed by atoms with van der Waals surface area (Å²) in [6, 6.07) is 36.2. The van der Waals surface area contributed by atoms with Gasteiger partial charge in [-0.25, -0.2) is 0 Å². The van der Waals surface area contributed by atoms with E-state index in [0.717, 1.165) is 29.1 Å². The number of phenols is 1. The lowest BCUT2D eigenvalue weighted by Crippen LogP contribution is -2.18. The topological polar surface area (TPSA) is 48.2 Å². The molecule has 1 unspecified atom stereocenters. The van der Waals surface area contributed by atoms with Gasteiger partial charge in [-0.2, -0.15) is 5.10 Å². The largest absolute Gasteiger partial charge is 0.507 e. The van der Waals surface area contributed by atoms with Gasteiger partial charge in [-0.05, 0) is 47.5 Å². The van der Waals surface area contributed by atoms with E-state index >= 15 is 0 Å². The van der Waals surface area contributed by atoms with E-state index < -0.39 is 0 Å². The summed E-state index contributed by atoms with van der Waals surface area (Å²) in [4.78, 5) is 4.57. The van der Waals surface area contributed by atoms with E-state index in [1.165, 1.54) is 5.56 Å². The van der Waals surface area contributed by atoms with Crippen LogP contribution in [0.25, 0.3) is 0 Å². The number of para-hydroxylation sites is 2. The molecule has 0 bridgehead atoms. The third kappa shape index (κ3) is 4.16. The maximum Gasteiger partial charge on any atom is 0.124 e. The van der Waals surface area contributed by atoms with Crippen molar-refractivity contribution < 1.29 is 5.11 Å². The molecule has 5 rings (SSSR count). The molecule has 4 heteroatoms. The van der Waals surface area contributed by atoms with Crippen molar-refractivity contribution in [3.05, 3.63) is 126 Å². The summed E-state index contributed by atoms with van der Waals surface area (Å²) in [7, 11) is 0. The maximum absolute atomic E-state index is 9.97. The Hall–Kier alpha value is -4.18. The average Bonchev–Trinajstić information content (AvgIpc) is 3.31. The van der Waals surface area contributed by atoms with Crippen LogP contribution < -0.4 is 5.01 Å². The molecule has 1 aliphatic heterocycles. The van der Waals surface area contributed by atoms with Gasteiger partial charge < -0.3 is 5.11 Å². The Morgan fingerprint density at radius 2 is 1.53 bits per heavy atom. The first kappa shape index (κ1) is 19.8. The first-order valence-electron chi connectivity index (χ1n) is 10.7. The van der Waals surface area contributed by atoms with E-state index in [0.29, 0.717) is 5.56 Å². The van der Waals surface area contributed by atoms with Gasteiger partial charge in [0.05, 0.1) is 23.1 Å². The highest BCUT2D eigenvalue weighted by molar-refractivity contribution is 6.04. The Morgan fingerprint density at radius 3 is 2.31 bits per heavy atom. The zero-order valence-corrected chi connectivity index (χ0v) is 17.5. The standard InChI is InChI=1S/C28H23N3O/c32-28-17-8-7-12-23(28)20-29-24-14-9-13-22(18-24)26-19-27(21-10-3-1-4-11-21)31(30-26)25-15-5-2-6-16-25/h1-18,20,27,32H,19H2. The minimum absolute atomic E-state index is 0.141. The lowest BCUT2D eigenvalue weighted by atomic mass is 9.98. The number of benzene rings is 4. The van der Waals surface area contributed by atoms with Gasteiger partial charge in [0, 0.05) is 18.2 Å². The Kier molecular flexibility index (Phi) is 5.50. The summed E-state index contributed by atoms with van der Waals surface area (Å²) >= 11 is 0. The van der Waals surface area contributed by atoms with Gasteiger partial charge in [0.2, 0.25) is 0 Å². The lowest BCUT2D eigenvalue weighted by molar-refractivity contribution is 0.474. The number of hydrogen-bond acceptors (Lipinski definition) is 4. The molecular formula is C28H23N3O. The van der Waals surface area contributed by atoms with Crippen LogP contribution in [-0.4, -0.2) is 17.0 Å². The number of rotatable bonds is 5. The van der Waals surface area contributed by atoms with Crippen LogP contribution in [0.2, 0.25) is 0 Å². The van der Waals surface area contributed by atoms with Crippen LogP contribution in [0, 0.1) is 0 Å². The molecule has 1 aliphatic rings. The second kappa shape index (κ2) is 8.90. The van der Waals surface area contributed by atoms with Crippen LogP contribution >= 0.6 is 0 Å². The number of aromatic hydroxyl groups is 1. The number of hydrazone groups is 1. The van der Waals surface area contributed by atoms with Crippen LogP contribution in [0.4, 0.5) is 11.4 Å². The van der Waals surface area contributed by atoms with Crippen molar-refractivity contribution in [1.82, 2.24) is 0 Å². The summed E-state index contributed by atoms with van der Waals surface area (Å²) in [6.07, 6.45) is 2.50. The molecular weight excluding hydrogens is 394 g/mol. The Morgan fingerprint density at radius 1 is 0.812 bits per heavy atom. The number of aliphatic imine (C=N–C) groups is 1. The fraction of sp³-hybridized carbons (Fsp3) is 0.0714. The summed E-state index contributed by atoms with van der Waals surface area (Å²) < 4.78 is 0. The van der Waals surface area contributed by atoms with Crippen molar-refractivity contribution in [2.24, 2.45) is 10.1 Å². The molecule has 1 heterocycles. The molecule has 4 aromatic carbocycles. The van der Waals surface area contributed by atoms with E-state index in [-0.39, 0.29) is 11.8 Å². The molecule has 0 spiro atoms. The van der Waals surface area contributed by atoms with Crippen molar-refractivity contribution in [3.8, 4) is 5.75 Å². The van der Waals surface area contributed by atoms with Crippen molar-refractivity contribution in [2.75, 3.05) is 5.01 Å². The van der Waals surface area contributed by atoms with Crippen LogP contribution in [0.3, 0.4) is 0 Å². The second-order valence-corrected chi connectivity index (χ2v) is 7.72. The van der Waals surface area contributed by atoms with Gasteiger partial charge in [0.25, 0.3) is 0 Å². The molecule has 0 fully saturated rings. The molecule has 1 N–H and O–H groups in total. The monoisotopic (exact) mass is 417 g/mol. The molecule has 4 aromatic rings. The zero-order chi connectivity index (χ0) is 21.8. The van der Waals surface area contributed by atoms with Gasteiger partial charge in [-0.1, -0.05) is 72.8 Å². The molecule has 4 nitrogen and oxygen atoms in total. The molecule has 0 radical (unpaired) electrons. The lowest BCUT2D eigenvalue weighted by Gasteiger charge is -2.23. The molecule has 0 amide bonds. The first-order chi connectivity index (χ1) is 15.8. The highest BCUT2D eigenvalue weighted by Gasteiger charge is 2.29. The fourth-order valence-electron chi connectivity index (χ4n) is 3.94. The van der Waals surface area contributed by atoms with Crippen molar-refractivity contribution in [1.29, 1.82) is 0 Å². The number of nitrogens with zero attached hydrogens (tertiary/aromatic N) is 3. The van der Waals surface area contributed by atoms with E-state index in [9.17, 15) is 5.11 Å². The fourth-order valence-corrected chi connectivity index (χ4v) is 3.94. The van der Waals surface area contributed by atoms with E-state index in [1.54, 1.807) is 18.3 Å². The van der Waals surface area contributed by atoms with Gasteiger partial charge >= 0.3 is 0 Å². The smallest absolute Gasteiger partial charge is 0.124 e. The van der Waals surface area contributed by atoms with Gasteiger partial charge in [-0.3, -0.25) is 10.0 Å². The molecule has 0 aliphatic carbocycles. The highest BCUT2D eigenvalue weighted by Crippen LogP contribution is 2.36. The summed E-state index contributed by atoms with van der Waals surface area (Å²) in [5, 5.41) is 17.1. The summed E-state index contributed by atoms with van der Waals surface area (Å²) in [5.41, 5.74) is 5.91. The molecule has 0 saturated heterocycles. The normalized spacial score (nSPS) is 15.8. The van der Waals surface area contributed by atoms with Gasteiger partial charge in [-0.15, -0.1) is 0 Å². The SMILES string of the molecule is Oc1ccccc1C=Nc1cccc(C2=NN(c3ccccc3)C(c3ccccc3)C2)c1. The summed E-state index contributed by atoms with van der Waals surface area (Å²) in [5.74, 6) is 0.219. The van der Waals surface area contributed by atoms with E-state index in [2.05, 4.69) is 52.5 Å². The van der Waals surface area contributed by atoms with Crippen molar-refractivity contribution in [2.45, 2.75) is 12.5 Å². The minimum atomic E-state index is 0.141. The minimum Gasteiger partial charge on any atom is -0.507 e. The predicted molar refractivity (Wildman–Crippen MR) is 131 cm³/mol. The quantitative estimate of drug-likeness (QED) is 0.377. The Bertz CT molecular complexity index is 1270. The van der Waals surface area contributed by atoms with Crippen LogP contribution in [-0.2, 0) is 0 Å². The van der Waals surface area contributed by atoms with Gasteiger partial charge in [0.15, 0.2) is 0 Å². The van der Waals surface area contributed by atoms with Crippen LogP contribution in [0.15, 0.2) is 119 Å². The number of anilines is 1. The Labute approximate surface area is 187 Å². The van der Waals surface area contributed by atoms with E-state index in [1.807, 2.05) is 54.6 Å². The van der Waals surface area contributed by atoms with Crippen LogP contribution in [0.5, 0.6) is 5.75 Å². The maximum atomic E-state index is 9.97. The molecule has 156 valence electrons. The number of phenolic OH excluding ortho intramolecular Hbond substituents is 1.